The van der Waals surface area contributed by atoms with Crippen molar-refractivity contribution >= 4 is 11.9 Å². The highest BCUT2D eigenvalue weighted by Gasteiger charge is 2.17. The van der Waals surface area contributed by atoms with Gasteiger partial charge in [-0.05, 0) is 44.9 Å². The number of carbonyl (C=O) groups is 2. The van der Waals surface area contributed by atoms with Crippen molar-refractivity contribution in [3.8, 4) is 0 Å². The van der Waals surface area contributed by atoms with E-state index < -0.39 is 11.9 Å². The molecule has 0 saturated carbocycles. The van der Waals surface area contributed by atoms with Gasteiger partial charge in [-0.1, -0.05) is 24.8 Å². The van der Waals surface area contributed by atoms with E-state index in [4.69, 9.17) is 10.2 Å². The average Bonchev–Trinajstić information content (AvgIpc) is 2.37. The van der Waals surface area contributed by atoms with Gasteiger partial charge in [0.1, 0.15) is 0 Å². The largest absolute Gasteiger partial charge is 0.481 e. The van der Waals surface area contributed by atoms with Crippen LogP contribution in [-0.2, 0) is 9.59 Å². The Morgan fingerprint density at radius 3 is 2.21 bits per heavy atom. The molecule has 0 heterocycles. The highest BCUT2D eigenvalue weighted by Crippen LogP contribution is 2.28. The van der Waals surface area contributed by atoms with E-state index in [2.05, 4.69) is 0 Å². The maximum absolute atomic E-state index is 11.1. The molecule has 0 spiro atoms. The van der Waals surface area contributed by atoms with E-state index in [1.165, 1.54) is 0 Å². The van der Waals surface area contributed by atoms with Crippen molar-refractivity contribution in [3.05, 3.63) is 11.1 Å². The Morgan fingerprint density at radius 1 is 0.895 bits per heavy atom. The number of carboxylic acids is 2. The Morgan fingerprint density at radius 2 is 1.53 bits per heavy atom. The lowest BCUT2D eigenvalue weighted by molar-refractivity contribution is -0.137. The fourth-order valence-corrected chi connectivity index (χ4v) is 2.65. The Kier molecular flexibility index (Phi) is 7.23. The predicted octanol–water partition coefficient (Wildman–Crippen LogP) is 3.76. The van der Waals surface area contributed by atoms with Crippen LogP contribution in [-0.4, -0.2) is 22.2 Å². The number of hydrogen-bond donors (Lipinski definition) is 2. The fraction of sp³-hybridized carbons (Fsp3) is 0.733. The van der Waals surface area contributed by atoms with Crippen molar-refractivity contribution in [2.75, 3.05) is 0 Å². The van der Waals surface area contributed by atoms with E-state index in [9.17, 15) is 9.59 Å². The lowest BCUT2D eigenvalue weighted by Crippen LogP contribution is -2.09. The third-order valence-corrected chi connectivity index (χ3v) is 3.71. The van der Waals surface area contributed by atoms with Crippen molar-refractivity contribution < 1.29 is 19.8 Å². The highest BCUT2D eigenvalue weighted by molar-refractivity contribution is 5.87. The second-order valence-corrected chi connectivity index (χ2v) is 5.26. The maximum Gasteiger partial charge on any atom is 0.331 e. The van der Waals surface area contributed by atoms with E-state index in [1.807, 2.05) is 0 Å². The Labute approximate surface area is 114 Å². The van der Waals surface area contributed by atoms with Crippen molar-refractivity contribution in [3.63, 3.8) is 0 Å². The van der Waals surface area contributed by atoms with Gasteiger partial charge in [0.15, 0.2) is 0 Å². The zero-order valence-corrected chi connectivity index (χ0v) is 11.5. The minimum atomic E-state index is -0.740. The van der Waals surface area contributed by atoms with Gasteiger partial charge in [-0.15, -0.1) is 0 Å². The van der Waals surface area contributed by atoms with Crippen molar-refractivity contribution in [1.82, 2.24) is 0 Å². The third-order valence-electron chi connectivity index (χ3n) is 3.71. The summed E-state index contributed by atoms with van der Waals surface area (Å²) in [7, 11) is 0. The minimum Gasteiger partial charge on any atom is -0.481 e. The lowest BCUT2D eigenvalue weighted by atomic mass is 9.88. The third kappa shape index (κ3) is 6.41. The molecule has 0 aromatic carbocycles. The summed E-state index contributed by atoms with van der Waals surface area (Å²) in [5.74, 6) is -1.46. The van der Waals surface area contributed by atoms with Gasteiger partial charge in [-0.2, -0.15) is 0 Å². The van der Waals surface area contributed by atoms with Crippen LogP contribution in [0.5, 0.6) is 0 Å². The van der Waals surface area contributed by atoms with E-state index in [-0.39, 0.29) is 6.42 Å². The molecule has 1 rings (SSSR count). The van der Waals surface area contributed by atoms with Crippen LogP contribution in [0.2, 0.25) is 0 Å². The van der Waals surface area contributed by atoms with Crippen molar-refractivity contribution in [1.29, 1.82) is 0 Å². The first kappa shape index (κ1) is 15.7. The molecule has 0 bridgehead atoms. The second-order valence-electron chi connectivity index (χ2n) is 5.26. The molecule has 0 aromatic rings. The molecular weight excluding hydrogens is 244 g/mol. The SMILES string of the molecule is O=C(O)CCCCCCCC1=C(C(=O)O)CCCC1. The second kappa shape index (κ2) is 8.73. The first-order valence-electron chi connectivity index (χ1n) is 7.27. The summed E-state index contributed by atoms with van der Waals surface area (Å²) >= 11 is 0. The van der Waals surface area contributed by atoms with Gasteiger partial charge in [0, 0.05) is 12.0 Å². The summed E-state index contributed by atoms with van der Waals surface area (Å²) in [5, 5.41) is 17.6. The van der Waals surface area contributed by atoms with Gasteiger partial charge in [-0.25, -0.2) is 4.79 Å². The van der Waals surface area contributed by atoms with Gasteiger partial charge in [0.2, 0.25) is 0 Å². The highest BCUT2D eigenvalue weighted by atomic mass is 16.4. The molecule has 0 fully saturated rings. The number of unbranched alkanes of at least 4 members (excludes halogenated alkanes) is 4. The fourth-order valence-electron chi connectivity index (χ4n) is 2.65. The summed E-state index contributed by atoms with van der Waals surface area (Å²) in [5.41, 5.74) is 1.79. The van der Waals surface area contributed by atoms with E-state index in [1.54, 1.807) is 0 Å². The van der Waals surface area contributed by atoms with Crippen molar-refractivity contribution in [2.45, 2.75) is 70.6 Å². The number of hydrogen-bond acceptors (Lipinski definition) is 2. The zero-order chi connectivity index (χ0) is 14.1. The van der Waals surface area contributed by atoms with Crippen molar-refractivity contribution in [2.24, 2.45) is 0 Å². The van der Waals surface area contributed by atoms with Crippen LogP contribution in [0, 0.1) is 0 Å². The molecule has 0 amide bonds. The van der Waals surface area contributed by atoms with E-state index in [0.717, 1.165) is 69.8 Å². The van der Waals surface area contributed by atoms with Crippen LogP contribution >= 0.6 is 0 Å². The van der Waals surface area contributed by atoms with Crippen LogP contribution < -0.4 is 0 Å². The molecule has 0 unspecified atom stereocenters. The Hall–Kier alpha value is -1.32. The van der Waals surface area contributed by atoms with Crippen LogP contribution in [0.1, 0.15) is 70.6 Å². The average molecular weight is 268 g/mol. The summed E-state index contributed by atoms with van der Waals surface area (Å²) in [4.78, 5) is 21.4. The Bertz CT molecular complexity index is 344. The summed E-state index contributed by atoms with van der Waals surface area (Å²) in [6, 6.07) is 0. The number of allylic oxidation sites excluding steroid dienone is 1. The van der Waals surface area contributed by atoms with E-state index in [0.29, 0.717) is 5.57 Å². The number of rotatable bonds is 9. The lowest BCUT2D eigenvalue weighted by Gasteiger charge is -2.17. The minimum absolute atomic E-state index is 0.258. The monoisotopic (exact) mass is 268 g/mol. The van der Waals surface area contributed by atoms with Gasteiger partial charge in [0.05, 0.1) is 0 Å². The molecule has 0 saturated heterocycles. The molecule has 0 atom stereocenters. The molecule has 4 heteroatoms. The van der Waals surface area contributed by atoms with Gasteiger partial charge in [-0.3, -0.25) is 4.79 Å². The van der Waals surface area contributed by atoms with Gasteiger partial charge < -0.3 is 10.2 Å². The zero-order valence-electron chi connectivity index (χ0n) is 11.5. The molecule has 19 heavy (non-hydrogen) atoms. The quantitative estimate of drug-likeness (QED) is 0.624. The van der Waals surface area contributed by atoms with Gasteiger partial charge in [0.25, 0.3) is 0 Å². The Balaban J connectivity index is 2.17. The molecule has 1 aliphatic rings. The molecule has 2 N–H and O–H groups in total. The maximum atomic E-state index is 11.1. The molecule has 108 valence electrons. The first-order chi connectivity index (χ1) is 9.11. The molecule has 1 aliphatic carbocycles. The van der Waals surface area contributed by atoms with Gasteiger partial charge >= 0.3 is 11.9 Å². The molecule has 0 radical (unpaired) electrons. The normalized spacial score (nSPS) is 15.6. The smallest absolute Gasteiger partial charge is 0.331 e. The van der Waals surface area contributed by atoms with Crippen LogP contribution in [0.3, 0.4) is 0 Å². The number of carboxylic acid groups (broad SMARTS) is 2. The van der Waals surface area contributed by atoms with Crippen LogP contribution in [0.4, 0.5) is 0 Å². The molecule has 0 aliphatic heterocycles. The van der Waals surface area contributed by atoms with E-state index >= 15 is 0 Å². The molecule has 4 nitrogen and oxygen atoms in total. The summed E-state index contributed by atoms with van der Waals surface area (Å²) in [6.45, 7) is 0. The van der Waals surface area contributed by atoms with Crippen LogP contribution in [0.25, 0.3) is 0 Å². The topological polar surface area (TPSA) is 74.6 Å². The summed E-state index contributed by atoms with van der Waals surface area (Å²) in [6.07, 6.45) is 9.79. The van der Waals surface area contributed by atoms with Crippen LogP contribution in [0.15, 0.2) is 11.1 Å². The first-order valence-corrected chi connectivity index (χ1v) is 7.27. The standard InChI is InChI=1S/C15H24O4/c16-14(17)11-5-3-1-2-4-8-12-9-6-7-10-13(12)15(18)19/h1-11H2,(H,16,17)(H,18,19). The number of aliphatic carboxylic acids is 2. The predicted molar refractivity (Wildman–Crippen MR) is 73.1 cm³/mol. The summed E-state index contributed by atoms with van der Waals surface area (Å²) < 4.78 is 0. The molecule has 0 aromatic heterocycles. The molecular formula is C15H24O4.